The monoisotopic (exact) mass is 340 g/mol. The highest BCUT2D eigenvalue weighted by molar-refractivity contribution is 5.85. The minimum atomic E-state index is -0.256. The number of rotatable bonds is 2. The lowest BCUT2D eigenvalue weighted by Crippen LogP contribution is -2.48. The Labute approximate surface area is 147 Å². The number of hydrogen-bond donors (Lipinski definition) is 0. The Morgan fingerprint density at radius 1 is 1.20 bits per heavy atom. The summed E-state index contributed by atoms with van der Waals surface area (Å²) in [7, 11) is 3.57. The molecule has 2 aliphatic rings. The summed E-state index contributed by atoms with van der Waals surface area (Å²) < 4.78 is 5.32. The van der Waals surface area contributed by atoms with Crippen LogP contribution in [0.2, 0.25) is 0 Å². The number of likely N-dealkylation sites (tertiary alicyclic amines) is 1. The van der Waals surface area contributed by atoms with Crippen LogP contribution in [-0.4, -0.2) is 54.6 Å². The zero-order valence-corrected chi connectivity index (χ0v) is 15.1. The average molecular weight is 340 g/mol. The molecule has 0 bridgehead atoms. The number of ether oxygens (including phenoxy) is 1. The number of piperidine rings is 1. The fourth-order valence-electron chi connectivity index (χ4n) is 4.21. The molecule has 2 fully saturated rings. The first kappa shape index (κ1) is 16.1. The number of fused-ring (bicyclic) bond motifs is 1. The maximum Gasteiger partial charge on any atom is 0.230 e. The summed E-state index contributed by atoms with van der Waals surface area (Å²) in [5, 5.41) is 1.03. The van der Waals surface area contributed by atoms with Crippen LogP contribution in [-0.2, 0) is 4.79 Å². The normalized spacial score (nSPS) is 23.7. The van der Waals surface area contributed by atoms with E-state index in [1.165, 1.54) is 0 Å². The highest BCUT2D eigenvalue weighted by atomic mass is 16.5. The Morgan fingerprint density at radius 2 is 2.04 bits per heavy atom. The summed E-state index contributed by atoms with van der Waals surface area (Å²) in [5.41, 5.74) is 1.58. The number of hydrogen-bond acceptors (Lipinski definition) is 5. The Hall–Kier alpha value is -2.37. The van der Waals surface area contributed by atoms with Gasteiger partial charge in [0.15, 0.2) is 0 Å². The highest BCUT2D eigenvalue weighted by Crippen LogP contribution is 2.40. The molecule has 2 aromatic rings. The molecule has 2 aliphatic heterocycles. The van der Waals surface area contributed by atoms with Gasteiger partial charge in [-0.15, -0.1) is 0 Å². The summed E-state index contributed by atoms with van der Waals surface area (Å²) in [5.74, 6) is 1.79. The van der Waals surface area contributed by atoms with Crippen LogP contribution in [0.15, 0.2) is 18.2 Å². The van der Waals surface area contributed by atoms with Crippen molar-refractivity contribution in [3.63, 3.8) is 0 Å². The molecule has 2 saturated heterocycles. The minimum absolute atomic E-state index is 0.256. The lowest BCUT2D eigenvalue weighted by atomic mass is 9.78. The standard InChI is InChI=1S/C19H24N4O2/c1-13-15-6-5-14(25-3)11-16(15)21-18(20-13)23-10-8-19(12-23)7-4-9-22(2)17(19)24/h5-6,11H,4,7-10,12H2,1-3H3. The van der Waals surface area contributed by atoms with Crippen LogP contribution in [0.3, 0.4) is 0 Å². The third-order valence-electron chi connectivity index (χ3n) is 5.67. The molecular weight excluding hydrogens is 316 g/mol. The van der Waals surface area contributed by atoms with E-state index in [0.717, 1.165) is 60.6 Å². The Balaban J connectivity index is 1.67. The number of nitrogens with zero attached hydrogens (tertiary/aromatic N) is 4. The molecule has 1 aromatic heterocycles. The predicted molar refractivity (Wildman–Crippen MR) is 97.0 cm³/mol. The van der Waals surface area contributed by atoms with Gasteiger partial charge >= 0.3 is 0 Å². The molecule has 1 spiro atoms. The van der Waals surface area contributed by atoms with Crippen molar-refractivity contribution < 1.29 is 9.53 Å². The lowest BCUT2D eigenvalue weighted by molar-refractivity contribution is -0.143. The molecule has 1 aromatic carbocycles. The molecule has 1 atom stereocenters. The number of anilines is 1. The molecule has 132 valence electrons. The van der Waals surface area contributed by atoms with Crippen molar-refractivity contribution >= 4 is 22.8 Å². The van der Waals surface area contributed by atoms with E-state index in [2.05, 4.69) is 4.90 Å². The van der Waals surface area contributed by atoms with Gasteiger partial charge in [-0.3, -0.25) is 4.79 Å². The van der Waals surface area contributed by atoms with Gasteiger partial charge < -0.3 is 14.5 Å². The molecule has 0 N–H and O–H groups in total. The van der Waals surface area contributed by atoms with Gasteiger partial charge in [0.1, 0.15) is 5.75 Å². The van der Waals surface area contributed by atoms with Crippen LogP contribution in [0.4, 0.5) is 5.95 Å². The van der Waals surface area contributed by atoms with Crippen molar-refractivity contribution in [1.82, 2.24) is 14.9 Å². The Bertz CT molecular complexity index is 838. The number of benzene rings is 1. The summed E-state index contributed by atoms with van der Waals surface area (Å²) in [6.45, 7) is 4.41. The van der Waals surface area contributed by atoms with E-state index in [9.17, 15) is 4.79 Å². The number of methoxy groups -OCH3 is 1. The zero-order valence-electron chi connectivity index (χ0n) is 15.1. The lowest BCUT2D eigenvalue weighted by Gasteiger charge is -2.37. The molecular formula is C19H24N4O2. The molecule has 1 amide bonds. The topological polar surface area (TPSA) is 58.6 Å². The van der Waals surface area contributed by atoms with E-state index in [1.807, 2.05) is 37.1 Å². The number of aryl methyl sites for hydroxylation is 1. The van der Waals surface area contributed by atoms with Crippen LogP contribution < -0.4 is 9.64 Å². The molecule has 1 unspecified atom stereocenters. The maximum absolute atomic E-state index is 12.7. The van der Waals surface area contributed by atoms with E-state index < -0.39 is 0 Å². The fourth-order valence-corrected chi connectivity index (χ4v) is 4.21. The molecule has 6 nitrogen and oxygen atoms in total. The van der Waals surface area contributed by atoms with Crippen molar-refractivity contribution in [2.75, 3.05) is 38.7 Å². The number of aromatic nitrogens is 2. The molecule has 3 heterocycles. The van der Waals surface area contributed by atoms with Gasteiger partial charge in [0.25, 0.3) is 0 Å². The quantitative estimate of drug-likeness (QED) is 0.840. The first-order valence-corrected chi connectivity index (χ1v) is 8.85. The zero-order chi connectivity index (χ0) is 17.6. The summed E-state index contributed by atoms with van der Waals surface area (Å²) in [6.07, 6.45) is 2.92. The van der Waals surface area contributed by atoms with Crippen LogP contribution in [0.1, 0.15) is 25.0 Å². The second kappa shape index (κ2) is 5.86. The second-order valence-corrected chi connectivity index (χ2v) is 7.27. The smallest absolute Gasteiger partial charge is 0.230 e. The van der Waals surface area contributed by atoms with Gasteiger partial charge in [0.2, 0.25) is 11.9 Å². The van der Waals surface area contributed by atoms with Crippen molar-refractivity contribution in [2.24, 2.45) is 5.41 Å². The van der Waals surface area contributed by atoms with Crippen molar-refractivity contribution in [3.05, 3.63) is 23.9 Å². The van der Waals surface area contributed by atoms with Crippen LogP contribution in [0, 0.1) is 12.3 Å². The Kier molecular flexibility index (Phi) is 3.78. The minimum Gasteiger partial charge on any atom is -0.497 e. The van der Waals surface area contributed by atoms with Gasteiger partial charge in [-0.05, 0) is 38.3 Å². The number of carbonyl (C=O) groups is 1. The molecule has 4 rings (SSSR count). The van der Waals surface area contributed by atoms with Crippen LogP contribution >= 0.6 is 0 Å². The average Bonchev–Trinajstić information content (AvgIpc) is 3.04. The summed E-state index contributed by atoms with van der Waals surface area (Å²) in [4.78, 5) is 26.2. The van der Waals surface area contributed by atoms with Gasteiger partial charge in [-0.1, -0.05) is 0 Å². The van der Waals surface area contributed by atoms with Crippen molar-refractivity contribution in [3.8, 4) is 5.75 Å². The van der Waals surface area contributed by atoms with E-state index in [1.54, 1.807) is 7.11 Å². The molecule has 25 heavy (non-hydrogen) atoms. The van der Waals surface area contributed by atoms with Crippen molar-refractivity contribution in [1.29, 1.82) is 0 Å². The SMILES string of the molecule is COc1ccc2c(C)nc(N3CCC4(CCCN(C)C4=O)C3)nc2c1. The summed E-state index contributed by atoms with van der Waals surface area (Å²) in [6, 6.07) is 5.87. The van der Waals surface area contributed by atoms with Gasteiger partial charge in [0, 0.05) is 38.1 Å². The van der Waals surface area contributed by atoms with E-state index in [4.69, 9.17) is 14.7 Å². The molecule has 0 saturated carbocycles. The van der Waals surface area contributed by atoms with Gasteiger partial charge in [0.05, 0.1) is 23.7 Å². The maximum atomic E-state index is 12.7. The third-order valence-corrected chi connectivity index (χ3v) is 5.67. The predicted octanol–water partition coefficient (Wildman–Crippen LogP) is 2.40. The Morgan fingerprint density at radius 3 is 2.84 bits per heavy atom. The third kappa shape index (κ3) is 2.60. The molecule has 6 heteroatoms. The molecule has 0 radical (unpaired) electrons. The van der Waals surface area contributed by atoms with E-state index in [0.29, 0.717) is 6.54 Å². The second-order valence-electron chi connectivity index (χ2n) is 7.27. The van der Waals surface area contributed by atoms with Crippen molar-refractivity contribution in [2.45, 2.75) is 26.2 Å². The van der Waals surface area contributed by atoms with E-state index in [-0.39, 0.29) is 11.3 Å². The van der Waals surface area contributed by atoms with Crippen LogP contribution in [0.25, 0.3) is 10.9 Å². The largest absolute Gasteiger partial charge is 0.497 e. The van der Waals surface area contributed by atoms with Gasteiger partial charge in [-0.25, -0.2) is 9.97 Å². The fraction of sp³-hybridized carbons (Fsp3) is 0.526. The highest BCUT2D eigenvalue weighted by Gasteiger charge is 2.48. The molecule has 0 aliphatic carbocycles. The number of carbonyl (C=O) groups excluding carboxylic acids is 1. The first-order chi connectivity index (χ1) is 12.0. The number of amides is 1. The van der Waals surface area contributed by atoms with Crippen LogP contribution in [0.5, 0.6) is 5.75 Å². The van der Waals surface area contributed by atoms with Gasteiger partial charge in [-0.2, -0.15) is 0 Å². The first-order valence-electron chi connectivity index (χ1n) is 8.85. The summed E-state index contributed by atoms with van der Waals surface area (Å²) >= 11 is 0. The van der Waals surface area contributed by atoms with E-state index >= 15 is 0 Å².